The molecule has 31 heavy (non-hydrogen) atoms. The zero-order chi connectivity index (χ0) is 20.9. The average molecular weight is 423 g/mol. The van der Waals surface area contributed by atoms with Crippen molar-refractivity contribution in [2.24, 2.45) is 0 Å². The van der Waals surface area contributed by atoms with Crippen molar-refractivity contribution in [1.29, 1.82) is 0 Å². The molecular formula is C25H17N3O2S. The number of benzene rings is 2. The van der Waals surface area contributed by atoms with Gasteiger partial charge in [0.05, 0.1) is 11.4 Å². The number of thioether (sulfide) groups is 1. The van der Waals surface area contributed by atoms with Gasteiger partial charge in [-0.3, -0.25) is 14.6 Å². The summed E-state index contributed by atoms with van der Waals surface area (Å²) in [6.07, 6.45) is 5.67. The van der Waals surface area contributed by atoms with Gasteiger partial charge < -0.3 is 9.88 Å². The molecule has 1 amide bonds. The zero-order valence-electron chi connectivity index (χ0n) is 16.4. The second-order valence-electron chi connectivity index (χ2n) is 7.62. The Morgan fingerprint density at radius 1 is 1.00 bits per heavy atom. The molecule has 0 bridgehead atoms. The van der Waals surface area contributed by atoms with Crippen molar-refractivity contribution in [3.05, 3.63) is 107 Å². The van der Waals surface area contributed by atoms with Crippen LogP contribution in [0.15, 0.2) is 79.3 Å². The summed E-state index contributed by atoms with van der Waals surface area (Å²) in [4.78, 5) is 29.9. The first-order chi connectivity index (χ1) is 15.2. The molecule has 1 N–H and O–H groups in total. The molecule has 1 aliphatic carbocycles. The van der Waals surface area contributed by atoms with Crippen molar-refractivity contribution in [2.45, 2.75) is 11.1 Å². The summed E-state index contributed by atoms with van der Waals surface area (Å²) in [6, 6.07) is 18.8. The van der Waals surface area contributed by atoms with E-state index in [1.165, 1.54) is 0 Å². The molecule has 0 saturated heterocycles. The summed E-state index contributed by atoms with van der Waals surface area (Å²) < 4.78 is 2.19. The molecule has 1 atom stereocenters. The highest BCUT2D eigenvalue weighted by Gasteiger charge is 2.29. The summed E-state index contributed by atoms with van der Waals surface area (Å²) >= 11 is 1.81. The highest BCUT2D eigenvalue weighted by molar-refractivity contribution is 7.99. The van der Waals surface area contributed by atoms with Crippen LogP contribution in [0.25, 0.3) is 11.1 Å². The number of aromatic nitrogens is 2. The van der Waals surface area contributed by atoms with Crippen LogP contribution in [0, 0.1) is 0 Å². The number of anilines is 1. The Hall–Kier alpha value is -3.64. The van der Waals surface area contributed by atoms with Gasteiger partial charge in [-0.25, -0.2) is 0 Å². The number of nitrogens with zero attached hydrogens (tertiary/aromatic N) is 2. The fourth-order valence-corrected chi connectivity index (χ4v) is 5.66. The number of hydrogen-bond acceptors (Lipinski definition) is 4. The van der Waals surface area contributed by atoms with Crippen molar-refractivity contribution in [2.75, 3.05) is 5.32 Å². The van der Waals surface area contributed by atoms with E-state index < -0.39 is 0 Å². The predicted molar refractivity (Wildman–Crippen MR) is 121 cm³/mol. The molecule has 2 aromatic heterocycles. The van der Waals surface area contributed by atoms with Gasteiger partial charge in [-0.2, -0.15) is 0 Å². The molecule has 6 heteroatoms. The molecule has 2 aliphatic rings. The molecule has 150 valence electrons. The van der Waals surface area contributed by atoms with E-state index in [0.29, 0.717) is 16.7 Å². The Labute approximate surface area is 183 Å². The Morgan fingerprint density at radius 2 is 1.84 bits per heavy atom. The monoisotopic (exact) mass is 423 g/mol. The molecule has 0 fully saturated rings. The van der Waals surface area contributed by atoms with Crippen LogP contribution in [-0.4, -0.2) is 21.2 Å². The summed E-state index contributed by atoms with van der Waals surface area (Å²) in [5.41, 5.74) is 6.64. The minimum Gasteiger partial charge on any atom is -0.332 e. The molecule has 2 aromatic carbocycles. The Balaban J connectivity index is 1.29. The largest absolute Gasteiger partial charge is 0.332 e. The molecule has 1 aliphatic heterocycles. The van der Waals surface area contributed by atoms with Crippen molar-refractivity contribution >= 4 is 29.1 Å². The van der Waals surface area contributed by atoms with Crippen LogP contribution >= 0.6 is 11.8 Å². The number of hydrogen-bond donors (Lipinski definition) is 1. The third-order valence-electron chi connectivity index (χ3n) is 5.86. The lowest BCUT2D eigenvalue weighted by Gasteiger charge is -2.12. The van der Waals surface area contributed by atoms with Crippen LogP contribution in [0.2, 0.25) is 0 Å². The first-order valence-corrected chi connectivity index (χ1v) is 11.1. The van der Waals surface area contributed by atoms with Crippen LogP contribution < -0.4 is 5.32 Å². The van der Waals surface area contributed by atoms with Gasteiger partial charge in [0, 0.05) is 46.6 Å². The van der Waals surface area contributed by atoms with Gasteiger partial charge in [0.15, 0.2) is 5.78 Å². The second-order valence-corrected chi connectivity index (χ2v) is 8.69. The van der Waals surface area contributed by atoms with E-state index in [0.717, 1.165) is 33.8 Å². The third kappa shape index (κ3) is 2.83. The third-order valence-corrected chi connectivity index (χ3v) is 7.12. The number of amides is 1. The number of rotatable bonds is 3. The van der Waals surface area contributed by atoms with Gasteiger partial charge in [0.25, 0.3) is 5.91 Å². The van der Waals surface area contributed by atoms with E-state index in [-0.39, 0.29) is 17.1 Å². The van der Waals surface area contributed by atoms with E-state index in [1.807, 2.05) is 66.6 Å². The van der Waals surface area contributed by atoms with Gasteiger partial charge in [-0.1, -0.05) is 30.3 Å². The predicted octanol–water partition coefficient (Wildman–Crippen LogP) is 5.14. The van der Waals surface area contributed by atoms with Gasteiger partial charge in [-0.15, -0.1) is 11.8 Å². The fourth-order valence-electron chi connectivity index (χ4n) is 4.34. The first-order valence-electron chi connectivity index (χ1n) is 10.0. The van der Waals surface area contributed by atoms with Crippen LogP contribution in [0.3, 0.4) is 0 Å². The second kappa shape index (κ2) is 6.96. The quantitative estimate of drug-likeness (QED) is 0.436. The minimum atomic E-state index is -0.177. The van der Waals surface area contributed by atoms with E-state index in [2.05, 4.69) is 20.9 Å². The summed E-state index contributed by atoms with van der Waals surface area (Å²) in [6.45, 7) is 0. The van der Waals surface area contributed by atoms with E-state index >= 15 is 0 Å². The molecule has 0 radical (unpaired) electrons. The van der Waals surface area contributed by atoms with Crippen molar-refractivity contribution in [3.8, 4) is 11.1 Å². The topological polar surface area (TPSA) is 64.0 Å². The SMILES string of the molecule is O=C(Nc1ccn2c1CSC2c1cccnc1)c1ccc2c(c1)-c1ccccc1C2=O. The number of fused-ring (bicyclic) bond motifs is 4. The van der Waals surface area contributed by atoms with Crippen molar-refractivity contribution in [3.63, 3.8) is 0 Å². The standard InChI is InChI=1S/C25H17N3O2S/c29-23-18-6-2-1-5-17(18)20-12-15(7-8-19(20)23)24(30)27-21-9-11-28-22(21)14-31-25(28)16-4-3-10-26-13-16/h1-13,25H,14H2,(H,27,30). The van der Waals surface area contributed by atoms with E-state index in [9.17, 15) is 9.59 Å². The summed E-state index contributed by atoms with van der Waals surface area (Å²) in [5.74, 6) is 0.651. The molecule has 4 aromatic rings. The normalized spacial score (nSPS) is 16.0. The van der Waals surface area contributed by atoms with Crippen molar-refractivity contribution in [1.82, 2.24) is 9.55 Å². The number of pyridine rings is 1. The van der Waals surface area contributed by atoms with Gasteiger partial charge in [0.2, 0.25) is 0 Å². The lowest BCUT2D eigenvalue weighted by Crippen LogP contribution is -2.13. The van der Waals surface area contributed by atoms with Crippen LogP contribution in [0.1, 0.15) is 42.9 Å². The lowest BCUT2D eigenvalue weighted by molar-refractivity contribution is 0.102. The number of nitrogens with one attached hydrogen (secondary N) is 1. The first kappa shape index (κ1) is 18.2. The highest BCUT2D eigenvalue weighted by atomic mass is 32.2. The van der Waals surface area contributed by atoms with Crippen LogP contribution in [-0.2, 0) is 5.75 Å². The molecule has 5 nitrogen and oxygen atoms in total. The highest BCUT2D eigenvalue weighted by Crippen LogP contribution is 2.43. The maximum atomic E-state index is 13.0. The van der Waals surface area contributed by atoms with Crippen LogP contribution in [0.5, 0.6) is 0 Å². The Bertz CT molecular complexity index is 1360. The average Bonchev–Trinajstić information content (AvgIpc) is 3.49. The van der Waals surface area contributed by atoms with E-state index in [1.54, 1.807) is 18.3 Å². The molecule has 0 spiro atoms. The number of ketones is 1. The Morgan fingerprint density at radius 3 is 2.68 bits per heavy atom. The van der Waals surface area contributed by atoms with Gasteiger partial charge in [-0.05, 0) is 41.5 Å². The molecular weight excluding hydrogens is 406 g/mol. The minimum absolute atomic E-state index is 0.0151. The van der Waals surface area contributed by atoms with Gasteiger partial charge in [0.1, 0.15) is 5.37 Å². The molecule has 1 unspecified atom stereocenters. The maximum Gasteiger partial charge on any atom is 0.255 e. The number of carbonyl (C=O) groups excluding carboxylic acids is 2. The summed E-state index contributed by atoms with van der Waals surface area (Å²) in [7, 11) is 0. The smallest absolute Gasteiger partial charge is 0.255 e. The fraction of sp³-hybridized carbons (Fsp3) is 0.0800. The lowest BCUT2D eigenvalue weighted by atomic mass is 10.0. The van der Waals surface area contributed by atoms with Gasteiger partial charge >= 0.3 is 0 Å². The molecule has 6 rings (SSSR count). The summed E-state index contributed by atoms with van der Waals surface area (Å²) in [5, 5.41) is 3.23. The number of carbonyl (C=O) groups is 2. The zero-order valence-corrected chi connectivity index (χ0v) is 17.2. The molecule has 0 saturated carbocycles. The van der Waals surface area contributed by atoms with Crippen LogP contribution in [0.4, 0.5) is 5.69 Å². The maximum absolute atomic E-state index is 13.0. The van der Waals surface area contributed by atoms with E-state index in [4.69, 9.17) is 0 Å². The van der Waals surface area contributed by atoms with Crippen molar-refractivity contribution < 1.29 is 9.59 Å². The Kier molecular flexibility index (Phi) is 4.07. The molecule has 3 heterocycles.